The number of nitrogens with one attached hydrogen (secondary N) is 1. The molecule has 1 aliphatic heterocycles. The van der Waals surface area contributed by atoms with E-state index in [1.807, 2.05) is 0 Å². The molecule has 2 aliphatic carbocycles. The zero-order valence-electron chi connectivity index (χ0n) is 20.7. The molecule has 2 saturated carbocycles. The topological polar surface area (TPSA) is 15.3 Å². The van der Waals surface area contributed by atoms with Gasteiger partial charge in [0.15, 0.2) is 0 Å². The Morgan fingerprint density at radius 3 is 2.62 bits per heavy atom. The molecule has 174 valence electrons. The van der Waals surface area contributed by atoms with E-state index in [0.717, 1.165) is 42.1 Å². The van der Waals surface area contributed by atoms with Gasteiger partial charge in [0.2, 0.25) is 0 Å². The number of nitrogens with zero attached hydrogens (tertiary/aromatic N) is 1. The van der Waals surface area contributed by atoms with Crippen LogP contribution < -0.4 is 5.32 Å². The summed E-state index contributed by atoms with van der Waals surface area (Å²) in [6.07, 6.45) is 15.0. The van der Waals surface area contributed by atoms with Gasteiger partial charge in [0.05, 0.1) is 0 Å². The maximum atomic E-state index is 4.31. The van der Waals surface area contributed by atoms with Crippen LogP contribution in [0.5, 0.6) is 0 Å². The SMILES string of the molecule is C=C(/C=C\CC)NC(=C)CN1CCC2C(C1C)C2C1(c2cccc(C)c2)CCCCCC1. The zero-order valence-corrected chi connectivity index (χ0v) is 20.7. The summed E-state index contributed by atoms with van der Waals surface area (Å²) in [5, 5.41) is 3.42. The van der Waals surface area contributed by atoms with Crippen molar-refractivity contribution in [2.75, 3.05) is 13.1 Å². The molecule has 1 N–H and O–H groups in total. The zero-order chi connectivity index (χ0) is 22.7. The third-order valence-corrected chi connectivity index (χ3v) is 8.62. The predicted octanol–water partition coefficient (Wildman–Crippen LogP) is 7.13. The van der Waals surface area contributed by atoms with Gasteiger partial charge in [-0.05, 0) is 80.9 Å². The largest absolute Gasteiger partial charge is 0.359 e. The van der Waals surface area contributed by atoms with Crippen LogP contribution in [0.4, 0.5) is 0 Å². The summed E-state index contributed by atoms with van der Waals surface area (Å²) in [5.74, 6) is 2.59. The van der Waals surface area contributed by atoms with E-state index in [1.54, 1.807) is 5.56 Å². The second-order valence-corrected chi connectivity index (χ2v) is 10.8. The van der Waals surface area contributed by atoms with Gasteiger partial charge in [-0.1, -0.05) is 81.7 Å². The van der Waals surface area contributed by atoms with Crippen molar-refractivity contribution in [1.29, 1.82) is 0 Å². The Bertz CT molecular complexity index is 842. The molecule has 32 heavy (non-hydrogen) atoms. The third kappa shape index (κ3) is 4.76. The fourth-order valence-corrected chi connectivity index (χ4v) is 7.14. The summed E-state index contributed by atoms with van der Waals surface area (Å²) in [5.41, 5.74) is 5.48. The van der Waals surface area contributed by atoms with E-state index in [-0.39, 0.29) is 0 Å². The van der Waals surface area contributed by atoms with E-state index >= 15 is 0 Å². The van der Waals surface area contributed by atoms with E-state index in [9.17, 15) is 0 Å². The predicted molar refractivity (Wildman–Crippen MR) is 138 cm³/mol. The molecule has 1 aromatic carbocycles. The molecule has 3 fully saturated rings. The summed E-state index contributed by atoms with van der Waals surface area (Å²) in [6.45, 7) is 17.5. The number of hydrogen-bond donors (Lipinski definition) is 1. The minimum atomic E-state index is 0.399. The average molecular weight is 433 g/mol. The molecule has 2 heteroatoms. The molecule has 1 heterocycles. The molecule has 0 spiro atoms. The third-order valence-electron chi connectivity index (χ3n) is 8.62. The Morgan fingerprint density at radius 1 is 1.19 bits per heavy atom. The number of allylic oxidation sites excluding steroid dienone is 2. The molecule has 1 aromatic rings. The lowest BCUT2D eigenvalue weighted by Crippen LogP contribution is -2.42. The lowest BCUT2D eigenvalue weighted by atomic mass is 9.68. The van der Waals surface area contributed by atoms with E-state index < -0.39 is 0 Å². The number of benzene rings is 1. The van der Waals surface area contributed by atoms with Gasteiger partial charge in [-0.2, -0.15) is 0 Å². The van der Waals surface area contributed by atoms with Gasteiger partial charge in [-0.25, -0.2) is 0 Å². The summed E-state index contributed by atoms with van der Waals surface area (Å²) in [4.78, 5) is 2.67. The average Bonchev–Trinajstić information content (AvgIpc) is 3.54. The van der Waals surface area contributed by atoms with Crippen LogP contribution >= 0.6 is 0 Å². The molecule has 2 nitrogen and oxygen atoms in total. The number of rotatable bonds is 8. The second kappa shape index (κ2) is 10.00. The first-order chi connectivity index (χ1) is 15.5. The summed E-state index contributed by atoms with van der Waals surface area (Å²) >= 11 is 0. The van der Waals surface area contributed by atoms with Gasteiger partial charge in [0.1, 0.15) is 0 Å². The fraction of sp³-hybridized carbons (Fsp3) is 0.600. The van der Waals surface area contributed by atoms with Crippen LogP contribution in [-0.4, -0.2) is 24.0 Å². The van der Waals surface area contributed by atoms with Gasteiger partial charge in [0.25, 0.3) is 0 Å². The molecule has 4 atom stereocenters. The van der Waals surface area contributed by atoms with E-state index in [2.05, 4.69) is 80.6 Å². The molecule has 0 radical (unpaired) electrons. The van der Waals surface area contributed by atoms with Crippen molar-refractivity contribution in [2.45, 2.75) is 83.6 Å². The van der Waals surface area contributed by atoms with Crippen molar-refractivity contribution in [1.82, 2.24) is 10.2 Å². The number of fused-ring (bicyclic) bond motifs is 1. The van der Waals surface area contributed by atoms with Crippen LogP contribution in [0.15, 0.2) is 61.0 Å². The number of likely N-dealkylation sites (tertiary alicyclic amines) is 1. The Morgan fingerprint density at radius 2 is 1.94 bits per heavy atom. The molecule has 3 aliphatic rings. The van der Waals surface area contributed by atoms with Crippen LogP contribution in [0.3, 0.4) is 0 Å². The molecule has 0 aromatic heterocycles. The molecular weight excluding hydrogens is 388 g/mol. The molecule has 1 saturated heterocycles. The van der Waals surface area contributed by atoms with Crippen molar-refractivity contribution < 1.29 is 0 Å². The minimum absolute atomic E-state index is 0.399. The molecule has 4 unspecified atom stereocenters. The Balaban J connectivity index is 1.48. The molecule has 4 rings (SSSR count). The van der Waals surface area contributed by atoms with Gasteiger partial charge in [-0.3, -0.25) is 4.90 Å². The van der Waals surface area contributed by atoms with Gasteiger partial charge in [0, 0.05) is 24.0 Å². The van der Waals surface area contributed by atoms with Crippen molar-refractivity contribution in [2.24, 2.45) is 17.8 Å². The van der Waals surface area contributed by atoms with Crippen molar-refractivity contribution >= 4 is 0 Å². The van der Waals surface area contributed by atoms with Gasteiger partial charge in [-0.15, -0.1) is 0 Å². The standard InChI is InChI=1S/C30H44N2/c1-6-7-14-23(3)31-24(4)21-32-19-16-27-28(25(32)5)29(27)30(17-10-8-9-11-18-30)26-15-12-13-22(2)20-26/h7,12-15,20,25,27-29,31H,3-4,6,8-11,16-19,21H2,1-2,5H3/b14-7-. The van der Waals surface area contributed by atoms with Crippen LogP contribution in [0, 0.1) is 24.7 Å². The smallest absolute Gasteiger partial charge is 0.0382 e. The van der Waals surface area contributed by atoms with Gasteiger partial charge < -0.3 is 5.32 Å². The number of piperidine rings is 1. The highest BCUT2D eigenvalue weighted by Gasteiger charge is 2.64. The van der Waals surface area contributed by atoms with E-state index in [0.29, 0.717) is 11.5 Å². The minimum Gasteiger partial charge on any atom is -0.359 e. The Kier molecular flexibility index (Phi) is 7.30. The lowest BCUT2D eigenvalue weighted by molar-refractivity contribution is 0.158. The van der Waals surface area contributed by atoms with Crippen LogP contribution in [0.25, 0.3) is 0 Å². The lowest BCUT2D eigenvalue weighted by Gasteiger charge is -2.36. The summed E-state index contributed by atoms with van der Waals surface area (Å²) in [7, 11) is 0. The van der Waals surface area contributed by atoms with Crippen LogP contribution in [0.1, 0.15) is 76.3 Å². The monoisotopic (exact) mass is 432 g/mol. The molecule has 0 bridgehead atoms. The van der Waals surface area contributed by atoms with E-state index in [1.165, 1.54) is 57.1 Å². The maximum Gasteiger partial charge on any atom is 0.0382 e. The second-order valence-electron chi connectivity index (χ2n) is 10.8. The van der Waals surface area contributed by atoms with Crippen molar-refractivity contribution in [3.05, 3.63) is 72.1 Å². The normalized spacial score (nSPS) is 29.8. The van der Waals surface area contributed by atoms with E-state index in [4.69, 9.17) is 0 Å². The molecule has 0 amide bonds. The summed E-state index contributed by atoms with van der Waals surface area (Å²) < 4.78 is 0. The number of hydrogen-bond acceptors (Lipinski definition) is 2. The van der Waals surface area contributed by atoms with Crippen molar-refractivity contribution in [3.8, 4) is 0 Å². The maximum absolute atomic E-state index is 4.31. The first-order valence-electron chi connectivity index (χ1n) is 13.1. The summed E-state index contributed by atoms with van der Waals surface area (Å²) in [6, 6.07) is 10.2. The van der Waals surface area contributed by atoms with Crippen molar-refractivity contribution in [3.63, 3.8) is 0 Å². The fourth-order valence-electron chi connectivity index (χ4n) is 7.14. The number of aryl methyl sites for hydroxylation is 1. The highest BCUT2D eigenvalue weighted by Crippen LogP contribution is 2.65. The van der Waals surface area contributed by atoms with Crippen LogP contribution in [0.2, 0.25) is 0 Å². The highest BCUT2D eigenvalue weighted by molar-refractivity contribution is 5.35. The first-order valence-corrected chi connectivity index (χ1v) is 13.1. The Hall–Kier alpha value is -1.80. The first kappa shape index (κ1) is 23.4. The Labute approximate surface area is 196 Å². The quantitative estimate of drug-likeness (QED) is 0.347. The van der Waals surface area contributed by atoms with Crippen LogP contribution in [-0.2, 0) is 5.41 Å². The molecular formula is C30H44N2. The highest BCUT2D eigenvalue weighted by atomic mass is 15.2. The van der Waals surface area contributed by atoms with Gasteiger partial charge >= 0.3 is 0 Å².